The zero-order valence-corrected chi connectivity index (χ0v) is 20.5. The van der Waals surface area contributed by atoms with Crippen molar-refractivity contribution in [1.82, 2.24) is 10.2 Å². The summed E-state index contributed by atoms with van der Waals surface area (Å²) in [4.78, 5) is 15.2. The highest BCUT2D eigenvalue weighted by Gasteiger charge is 2.28. The highest BCUT2D eigenvalue weighted by atomic mass is 35.5. The maximum Gasteiger partial charge on any atom is 0.264 e. The van der Waals surface area contributed by atoms with E-state index in [0.717, 1.165) is 36.3 Å². The Morgan fingerprint density at radius 1 is 1.12 bits per heavy atom. The quantitative estimate of drug-likeness (QED) is 0.520. The van der Waals surface area contributed by atoms with Crippen molar-refractivity contribution in [3.8, 4) is 0 Å². The van der Waals surface area contributed by atoms with Gasteiger partial charge in [0.25, 0.3) is 10.0 Å². The Morgan fingerprint density at radius 2 is 1.81 bits per heavy atom. The van der Waals surface area contributed by atoms with Crippen LogP contribution in [0.25, 0.3) is 0 Å². The normalized spacial score (nSPS) is 15.5. The van der Waals surface area contributed by atoms with Crippen LogP contribution in [-0.2, 0) is 14.8 Å². The number of sulfonamides is 1. The molecule has 1 aliphatic rings. The third-order valence-corrected chi connectivity index (χ3v) is 7.96. The van der Waals surface area contributed by atoms with Crippen LogP contribution in [0, 0.1) is 5.92 Å². The Kier molecular flexibility index (Phi) is 8.82. The van der Waals surface area contributed by atoms with Gasteiger partial charge in [-0.1, -0.05) is 48.3 Å². The predicted molar refractivity (Wildman–Crippen MR) is 130 cm³/mol. The van der Waals surface area contributed by atoms with Crippen LogP contribution in [0.1, 0.15) is 26.2 Å². The molecule has 0 atom stereocenters. The molecule has 1 aliphatic heterocycles. The fourth-order valence-corrected chi connectivity index (χ4v) is 5.73. The number of hydrogen-bond acceptors (Lipinski definition) is 4. The average Bonchev–Trinajstić information content (AvgIpc) is 2.77. The molecule has 9 heteroatoms. The first-order valence-corrected chi connectivity index (χ1v) is 13.0. The van der Waals surface area contributed by atoms with Crippen LogP contribution in [0.3, 0.4) is 0 Å². The summed E-state index contributed by atoms with van der Waals surface area (Å²) in [7, 11) is -4.00. The van der Waals surface area contributed by atoms with Crippen LogP contribution in [0.5, 0.6) is 0 Å². The van der Waals surface area contributed by atoms with Crippen LogP contribution < -0.4 is 9.62 Å². The second-order valence-corrected chi connectivity index (χ2v) is 10.9. The van der Waals surface area contributed by atoms with Crippen molar-refractivity contribution in [2.75, 3.05) is 37.0 Å². The minimum absolute atomic E-state index is 0.0816. The molecule has 2 aromatic carbocycles. The molecule has 32 heavy (non-hydrogen) atoms. The molecule has 1 saturated heterocycles. The molecule has 0 saturated carbocycles. The molecule has 0 radical (unpaired) electrons. The van der Waals surface area contributed by atoms with Crippen LogP contribution >= 0.6 is 23.2 Å². The second-order valence-electron chi connectivity index (χ2n) is 8.15. The third kappa shape index (κ3) is 6.61. The van der Waals surface area contributed by atoms with Crippen molar-refractivity contribution >= 4 is 44.8 Å². The number of piperidine rings is 1. The number of nitrogens with zero attached hydrogens (tertiary/aromatic N) is 2. The number of benzene rings is 2. The van der Waals surface area contributed by atoms with Gasteiger partial charge in [0.15, 0.2) is 0 Å². The third-order valence-electron chi connectivity index (χ3n) is 5.65. The molecular weight excluding hydrogens is 469 g/mol. The molecule has 1 N–H and O–H groups in total. The van der Waals surface area contributed by atoms with E-state index in [-0.39, 0.29) is 28.1 Å². The van der Waals surface area contributed by atoms with Gasteiger partial charge in [-0.3, -0.25) is 9.10 Å². The standard InChI is InChI=1S/C23H29Cl2N3O3S/c1-18-10-14-27(15-11-18)13-5-12-26-23(29)17-28(22-9-8-19(24)16-21(22)25)32(30,31)20-6-3-2-4-7-20/h2-4,6-9,16,18H,5,10-15,17H2,1H3,(H,26,29). The molecule has 0 unspecified atom stereocenters. The van der Waals surface area contributed by atoms with Gasteiger partial charge in [0, 0.05) is 11.6 Å². The van der Waals surface area contributed by atoms with Gasteiger partial charge in [-0.2, -0.15) is 0 Å². The van der Waals surface area contributed by atoms with Gasteiger partial charge in [0.1, 0.15) is 6.54 Å². The van der Waals surface area contributed by atoms with Gasteiger partial charge in [-0.25, -0.2) is 8.42 Å². The van der Waals surface area contributed by atoms with Gasteiger partial charge in [0.2, 0.25) is 5.91 Å². The maximum atomic E-state index is 13.3. The molecule has 0 aliphatic carbocycles. The summed E-state index contributed by atoms with van der Waals surface area (Å²) in [5, 5.41) is 3.38. The van der Waals surface area contributed by atoms with E-state index < -0.39 is 10.0 Å². The van der Waals surface area contributed by atoms with Crippen molar-refractivity contribution < 1.29 is 13.2 Å². The van der Waals surface area contributed by atoms with Gasteiger partial charge >= 0.3 is 0 Å². The smallest absolute Gasteiger partial charge is 0.264 e. The van der Waals surface area contributed by atoms with Crippen LogP contribution in [0.2, 0.25) is 10.0 Å². The van der Waals surface area contributed by atoms with Crippen molar-refractivity contribution in [3.05, 3.63) is 58.6 Å². The number of nitrogens with one attached hydrogen (secondary N) is 1. The number of hydrogen-bond donors (Lipinski definition) is 1. The first-order chi connectivity index (χ1) is 15.3. The number of halogens is 2. The van der Waals surface area contributed by atoms with Crippen molar-refractivity contribution in [3.63, 3.8) is 0 Å². The Hall–Kier alpha value is -1.80. The first kappa shape index (κ1) is 24.8. The minimum Gasteiger partial charge on any atom is -0.354 e. The second kappa shape index (κ2) is 11.4. The molecule has 3 rings (SSSR count). The molecule has 0 bridgehead atoms. The molecule has 1 heterocycles. The molecule has 174 valence electrons. The van der Waals surface area contributed by atoms with Gasteiger partial charge < -0.3 is 10.2 Å². The van der Waals surface area contributed by atoms with E-state index in [9.17, 15) is 13.2 Å². The lowest BCUT2D eigenvalue weighted by atomic mass is 9.99. The molecule has 2 aromatic rings. The fourth-order valence-electron chi connectivity index (χ4n) is 3.71. The maximum absolute atomic E-state index is 13.3. The zero-order chi connectivity index (χ0) is 23.1. The van der Waals surface area contributed by atoms with E-state index in [0.29, 0.717) is 11.6 Å². The van der Waals surface area contributed by atoms with E-state index in [4.69, 9.17) is 23.2 Å². The van der Waals surface area contributed by atoms with E-state index in [1.165, 1.54) is 37.1 Å². The Morgan fingerprint density at radius 3 is 2.47 bits per heavy atom. The largest absolute Gasteiger partial charge is 0.354 e. The lowest BCUT2D eigenvalue weighted by Gasteiger charge is -2.30. The van der Waals surface area contributed by atoms with Gasteiger partial charge in [-0.05, 0) is 75.1 Å². The summed E-state index contributed by atoms with van der Waals surface area (Å²) in [5.74, 6) is 0.394. The van der Waals surface area contributed by atoms with Crippen molar-refractivity contribution in [2.45, 2.75) is 31.1 Å². The summed E-state index contributed by atoms with van der Waals surface area (Å²) >= 11 is 12.3. The molecule has 6 nitrogen and oxygen atoms in total. The number of amides is 1. The summed E-state index contributed by atoms with van der Waals surface area (Å²) in [6.45, 7) is 5.49. The van der Waals surface area contributed by atoms with Gasteiger partial charge in [0.05, 0.1) is 15.6 Å². The van der Waals surface area contributed by atoms with Gasteiger partial charge in [-0.15, -0.1) is 0 Å². The average molecular weight is 498 g/mol. The van der Waals surface area contributed by atoms with Crippen molar-refractivity contribution in [1.29, 1.82) is 0 Å². The number of likely N-dealkylation sites (tertiary alicyclic amines) is 1. The lowest BCUT2D eigenvalue weighted by molar-refractivity contribution is -0.119. The Labute approximate surface area is 200 Å². The number of carbonyl (C=O) groups is 1. The van der Waals surface area contributed by atoms with Crippen LogP contribution in [0.4, 0.5) is 5.69 Å². The molecule has 0 aromatic heterocycles. The molecule has 1 fully saturated rings. The van der Waals surface area contributed by atoms with E-state index in [1.54, 1.807) is 24.3 Å². The topological polar surface area (TPSA) is 69.7 Å². The Balaban J connectivity index is 1.67. The van der Waals surface area contributed by atoms with Crippen molar-refractivity contribution in [2.24, 2.45) is 5.92 Å². The van der Waals surface area contributed by atoms with E-state index >= 15 is 0 Å². The summed E-state index contributed by atoms with van der Waals surface area (Å²) in [5.41, 5.74) is 0.206. The zero-order valence-electron chi connectivity index (χ0n) is 18.1. The summed E-state index contributed by atoms with van der Waals surface area (Å²) in [6.07, 6.45) is 3.23. The molecule has 0 spiro atoms. The number of rotatable bonds is 9. The SMILES string of the molecule is CC1CCN(CCCNC(=O)CN(c2ccc(Cl)cc2Cl)S(=O)(=O)c2ccccc2)CC1. The van der Waals surface area contributed by atoms with Crippen LogP contribution in [-0.4, -0.2) is 51.9 Å². The number of carbonyl (C=O) groups excluding carboxylic acids is 1. The summed E-state index contributed by atoms with van der Waals surface area (Å²) in [6, 6.07) is 12.5. The highest BCUT2D eigenvalue weighted by molar-refractivity contribution is 7.92. The summed E-state index contributed by atoms with van der Waals surface area (Å²) < 4.78 is 27.7. The highest BCUT2D eigenvalue weighted by Crippen LogP contribution is 2.32. The van der Waals surface area contributed by atoms with Crippen LogP contribution in [0.15, 0.2) is 53.4 Å². The molecule has 1 amide bonds. The fraction of sp³-hybridized carbons (Fsp3) is 0.435. The minimum atomic E-state index is -4.00. The monoisotopic (exact) mass is 497 g/mol. The first-order valence-electron chi connectivity index (χ1n) is 10.8. The number of anilines is 1. The molecular formula is C23H29Cl2N3O3S. The lowest BCUT2D eigenvalue weighted by Crippen LogP contribution is -2.42. The Bertz CT molecular complexity index is 1010. The van der Waals surface area contributed by atoms with E-state index in [1.807, 2.05) is 0 Å². The predicted octanol–water partition coefficient (Wildman–Crippen LogP) is 4.43. The van der Waals surface area contributed by atoms with E-state index in [2.05, 4.69) is 17.1 Å².